The summed E-state index contributed by atoms with van der Waals surface area (Å²) in [5.74, 6) is -0.107. The molecule has 1 amide bonds. The number of carbonyl (C=O) groups excluding carboxylic acids is 1. The van der Waals surface area contributed by atoms with E-state index in [2.05, 4.69) is 11.9 Å². The van der Waals surface area contributed by atoms with Crippen LogP contribution < -0.4 is 0 Å². The molecular weight excluding hydrogens is 168 g/mol. The first kappa shape index (κ1) is 8.97. The Bertz CT molecular complexity index is 222. The van der Waals surface area contributed by atoms with Gasteiger partial charge >= 0.3 is 0 Å². The highest BCUT2D eigenvalue weighted by molar-refractivity contribution is 5.78. The highest BCUT2D eigenvalue weighted by Gasteiger charge is 2.44. The van der Waals surface area contributed by atoms with Crippen LogP contribution in [-0.4, -0.2) is 47.8 Å². The average molecular weight is 184 g/mol. The van der Waals surface area contributed by atoms with Gasteiger partial charge in [0, 0.05) is 11.8 Å². The molecule has 2 aliphatic heterocycles. The lowest BCUT2D eigenvalue weighted by Gasteiger charge is -2.36. The van der Waals surface area contributed by atoms with E-state index in [1.807, 2.05) is 0 Å². The van der Waals surface area contributed by atoms with Gasteiger partial charge in [-0.25, -0.2) is 5.06 Å². The Kier molecular flexibility index (Phi) is 2.04. The molecule has 4 heteroatoms. The Morgan fingerprint density at radius 1 is 1.38 bits per heavy atom. The summed E-state index contributed by atoms with van der Waals surface area (Å²) >= 11 is 0. The number of nitrogens with zero attached hydrogens (tertiary/aromatic N) is 2. The topological polar surface area (TPSA) is 43.8 Å². The molecule has 0 aliphatic carbocycles. The Balaban J connectivity index is 2.03. The van der Waals surface area contributed by atoms with Crippen LogP contribution in [0.5, 0.6) is 0 Å². The molecule has 2 fully saturated rings. The van der Waals surface area contributed by atoms with E-state index in [-0.39, 0.29) is 11.3 Å². The van der Waals surface area contributed by atoms with Crippen LogP contribution in [0.4, 0.5) is 0 Å². The summed E-state index contributed by atoms with van der Waals surface area (Å²) in [6, 6.07) is 0. The van der Waals surface area contributed by atoms with Gasteiger partial charge in [-0.2, -0.15) is 0 Å². The molecule has 2 rings (SSSR count). The molecule has 74 valence electrons. The first-order valence-electron chi connectivity index (χ1n) is 4.79. The van der Waals surface area contributed by atoms with E-state index in [0.717, 1.165) is 31.0 Å². The van der Waals surface area contributed by atoms with Gasteiger partial charge in [0.05, 0.1) is 6.54 Å². The summed E-state index contributed by atoms with van der Waals surface area (Å²) in [6.07, 6.45) is 2.61. The van der Waals surface area contributed by atoms with Crippen molar-refractivity contribution in [2.75, 3.05) is 26.7 Å². The number of carbonyl (C=O) groups is 1. The second-order valence-corrected chi connectivity index (χ2v) is 4.43. The van der Waals surface area contributed by atoms with Crippen molar-refractivity contribution < 1.29 is 10.0 Å². The molecule has 0 saturated carbocycles. The molecule has 0 unspecified atom stereocenters. The maximum atomic E-state index is 11.2. The largest absolute Gasteiger partial charge is 0.306 e. The third-order valence-electron chi connectivity index (χ3n) is 3.35. The van der Waals surface area contributed by atoms with Crippen molar-refractivity contribution in [2.45, 2.75) is 19.3 Å². The molecule has 0 aromatic rings. The van der Waals surface area contributed by atoms with Gasteiger partial charge in [-0.15, -0.1) is 0 Å². The zero-order valence-corrected chi connectivity index (χ0v) is 7.99. The Hall–Kier alpha value is -0.610. The number of hydrogen-bond acceptors (Lipinski definition) is 3. The summed E-state index contributed by atoms with van der Waals surface area (Å²) in [5, 5.41) is 10.1. The zero-order chi connectivity index (χ0) is 9.47. The van der Waals surface area contributed by atoms with Crippen molar-refractivity contribution in [1.82, 2.24) is 9.96 Å². The maximum absolute atomic E-state index is 11.2. The predicted octanol–water partition coefficient (Wildman–Crippen LogP) is 0.320. The standard InChI is InChI=1S/C9H16N2O2/c1-10-4-2-9(3-5-10)6-8(12)11(13)7-9/h13H,2-7H2,1H3. The van der Waals surface area contributed by atoms with Crippen LogP contribution in [0.15, 0.2) is 0 Å². The van der Waals surface area contributed by atoms with E-state index in [1.54, 1.807) is 0 Å². The zero-order valence-electron chi connectivity index (χ0n) is 7.99. The number of rotatable bonds is 0. The Labute approximate surface area is 78.1 Å². The molecule has 2 heterocycles. The molecule has 1 spiro atoms. The van der Waals surface area contributed by atoms with Gasteiger partial charge in [0.25, 0.3) is 0 Å². The monoisotopic (exact) mass is 184 g/mol. The number of hydroxylamine groups is 2. The average Bonchev–Trinajstić information content (AvgIpc) is 2.36. The molecule has 1 N–H and O–H groups in total. The van der Waals surface area contributed by atoms with Crippen molar-refractivity contribution in [3.63, 3.8) is 0 Å². The summed E-state index contributed by atoms with van der Waals surface area (Å²) in [7, 11) is 2.10. The Morgan fingerprint density at radius 3 is 2.46 bits per heavy atom. The third kappa shape index (κ3) is 1.56. The summed E-state index contributed by atoms with van der Waals surface area (Å²) in [6.45, 7) is 2.63. The van der Waals surface area contributed by atoms with Crippen molar-refractivity contribution in [3.05, 3.63) is 0 Å². The van der Waals surface area contributed by atoms with Crippen LogP contribution in [0.25, 0.3) is 0 Å². The van der Waals surface area contributed by atoms with Crippen LogP contribution in [0.1, 0.15) is 19.3 Å². The van der Waals surface area contributed by atoms with Crippen molar-refractivity contribution >= 4 is 5.91 Å². The predicted molar refractivity (Wildman–Crippen MR) is 47.3 cm³/mol. The summed E-state index contributed by atoms with van der Waals surface area (Å²) in [5.41, 5.74) is 0.0817. The van der Waals surface area contributed by atoms with Crippen LogP contribution in [0.2, 0.25) is 0 Å². The summed E-state index contributed by atoms with van der Waals surface area (Å²) in [4.78, 5) is 13.5. The highest BCUT2D eigenvalue weighted by Crippen LogP contribution is 2.39. The maximum Gasteiger partial charge on any atom is 0.246 e. The van der Waals surface area contributed by atoms with E-state index in [4.69, 9.17) is 0 Å². The fourth-order valence-corrected chi connectivity index (χ4v) is 2.30. The van der Waals surface area contributed by atoms with Crippen molar-refractivity contribution in [3.8, 4) is 0 Å². The molecule has 2 aliphatic rings. The van der Waals surface area contributed by atoms with Gasteiger partial charge in [0.15, 0.2) is 0 Å². The van der Waals surface area contributed by atoms with E-state index < -0.39 is 0 Å². The number of likely N-dealkylation sites (tertiary alicyclic amines) is 1. The minimum Gasteiger partial charge on any atom is -0.306 e. The van der Waals surface area contributed by atoms with Gasteiger partial charge in [-0.3, -0.25) is 10.0 Å². The first-order chi connectivity index (χ1) is 6.11. The second kappa shape index (κ2) is 2.96. The van der Waals surface area contributed by atoms with Crippen LogP contribution in [0.3, 0.4) is 0 Å². The molecule has 0 aromatic heterocycles. The second-order valence-electron chi connectivity index (χ2n) is 4.43. The summed E-state index contributed by atoms with van der Waals surface area (Å²) < 4.78 is 0. The minimum atomic E-state index is -0.107. The van der Waals surface area contributed by atoms with E-state index in [1.165, 1.54) is 0 Å². The smallest absolute Gasteiger partial charge is 0.246 e. The van der Waals surface area contributed by atoms with E-state index in [9.17, 15) is 10.0 Å². The van der Waals surface area contributed by atoms with Gasteiger partial charge in [-0.1, -0.05) is 0 Å². The van der Waals surface area contributed by atoms with E-state index in [0.29, 0.717) is 13.0 Å². The van der Waals surface area contributed by atoms with Crippen molar-refractivity contribution in [2.24, 2.45) is 5.41 Å². The molecular formula is C9H16N2O2. The number of amides is 1. The molecule has 0 bridgehead atoms. The van der Waals surface area contributed by atoms with Crippen LogP contribution >= 0.6 is 0 Å². The number of hydrogen-bond donors (Lipinski definition) is 1. The van der Waals surface area contributed by atoms with Gasteiger partial charge < -0.3 is 4.90 Å². The normalized spacial score (nSPS) is 28.8. The highest BCUT2D eigenvalue weighted by atomic mass is 16.5. The fraction of sp³-hybridized carbons (Fsp3) is 0.889. The van der Waals surface area contributed by atoms with Gasteiger partial charge in [0.2, 0.25) is 5.91 Å². The quantitative estimate of drug-likeness (QED) is 0.551. The SMILES string of the molecule is CN1CCC2(CC1)CC(=O)N(O)C2. The van der Waals surface area contributed by atoms with Gasteiger partial charge in [0.1, 0.15) is 0 Å². The third-order valence-corrected chi connectivity index (χ3v) is 3.35. The lowest BCUT2D eigenvalue weighted by molar-refractivity contribution is -0.157. The first-order valence-corrected chi connectivity index (χ1v) is 4.79. The molecule has 0 radical (unpaired) electrons. The molecule has 0 aromatic carbocycles. The Morgan fingerprint density at radius 2 is 2.00 bits per heavy atom. The van der Waals surface area contributed by atoms with Crippen LogP contribution in [-0.2, 0) is 4.79 Å². The van der Waals surface area contributed by atoms with E-state index >= 15 is 0 Å². The van der Waals surface area contributed by atoms with Crippen molar-refractivity contribution in [1.29, 1.82) is 0 Å². The lowest BCUT2D eigenvalue weighted by atomic mass is 9.78. The molecule has 13 heavy (non-hydrogen) atoms. The molecule has 0 atom stereocenters. The minimum absolute atomic E-state index is 0.0817. The number of piperidine rings is 1. The molecule has 2 saturated heterocycles. The molecule has 4 nitrogen and oxygen atoms in total. The lowest BCUT2D eigenvalue weighted by Crippen LogP contribution is -2.39. The van der Waals surface area contributed by atoms with Gasteiger partial charge in [-0.05, 0) is 33.0 Å². The fourth-order valence-electron chi connectivity index (χ4n) is 2.30. The van der Waals surface area contributed by atoms with Crippen LogP contribution in [0, 0.1) is 5.41 Å².